The lowest BCUT2D eigenvalue weighted by atomic mass is 9.89. The number of hydrogen-bond acceptors (Lipinski definition) is 4. The molecule has 1 aliphatic carbocycles. The van der Waals surface area contributed by atoms with E-state index < -0.39 is 0 Å². The number of morpholine rings is 1. The highest BCUT2D eigenvalue weighted by molar-refractivity contribution is 4.91. The van der Waals surface area contributed by atoms with Gasteiger partial charge < -0.3 is 14.8 Å². The molecule has 0 spiro atoms. The van der Waals surface area contributed by atoms with E-state index in [9.17, 15) is 0 Å². The monoisotopic (exact) mass is 284 g/mol. The molecule has 0 bridgehead atoms. The van der Waals surface area contributed by atoms with Gasteiger partial charge in [-0.05, 0) is 25.3 Å². The van der Waals surface area contributed by atoms with Gasteiger partial charge in [-0.1, -0.05) is 26.7 Å². The summed E-state index contributed by atoms with van der Waals surface area (Å²) in [5, 5.41) is 3.60. The zero-order valence-corrected chi connectivity index (χ0v) is 13.4. The zero-order valence-electron chi connectivity index (χ0n) is 13.4. The van der Waals surface area contributed by atoms with Crippen molar-refractivity contribution in [1.29, 1.82) is 0 Å². The van der Waals surface area contributed by atoms with Gasteiger partial charge in [-0.3, -0.25) is 4.90 Å². The van der Waals surface area contributed by atoms with E-state index in [-0.39, 0.29) is 0 Å². The van der Waals surface area contributed by atoms with Crippen molar-refractivity contribution in [3.63, 3.8) is 0 Å². The summed E-state index contributed by atoms with van der Waals surface area (Å²) in [4.78, 5) is 2.66. The molecule has 0 amide bonds. The van der Waals surface area contributed by atoms with Crippen LogP contribution in [-0.4, -0.2) is 63.0 Å². The van der Waals surface area contributed by atoms with Gasteiger partial charge >= 0.3 is 0 Å². The van der Waals surface area contributed by atoms with Crippen molar-refractivity contribution < 1.29 is 9.47 Å². The molecule has 2 aliphatic rings. The number of rotatable bonds is 7. The van der Waals surface area contributed by atoms with E-state index in [1.54, 1.807) is 0 Å². The van der Waals surface area contributed by atoms with E-state index in [1.807, 2.05) is 7.11 Å². The Labute approximate surface area is 124 Å². The summed E-state index contributed by atoms with van der Waals surface area (Å²) in [6, 6.07) is 1.09. The van der Waals surface area contributed by atoms with E-state index in [0.717, 1.165) is 32.8 Å². The first-order valence-electron chi connectivity index (χ1n) is 8.29. The smallest absolute Gasteiger partial charge is 0.0731 e. The van der Waals surface area contributed by atoms with Crippen LogP contribution >= 0.6 is 0 Å². The summed E-state index contributed by atoms with van der Waals surface area (Å²) in [6.45, 7) is 9.36. The quantitative estimate of drug-likeness (QED) is 0.774. The first-order chi connectivity index (χ1) is 9.72. The normalized spacial score (nSPS) is 29.4. The minimum absolute atomic E-state index is 0.460. The SMILES string of the molecule is COCC(CNCC(C)C)N1CCOC2CCCCC21. The lowest BCUT2D eigenvalue weighted by Crippen LogP contribution is -2.59. The van der Waals surface area contributed by atoms with Gasteiger partial charge in [-0.15, -0.1) is 0 Å². The van der Waals surface area contributed by atoms with Crippen LogP contribution in [0.2, 0.25) is 0 Å². The maximum Gasteiger partial charge on any atom is 0.0731 e. The molecule has 0 aromatic rings. The molecule has 118 valence electrons. The fourth-order valence-corrected chi connectivity index (χ4v) is 3.58. The molecule has 1 saturated heterocycles. The van der Waals surface area contributed by atoms with Crippen molar-refractivity contribution in [3.05, 3.63) is 0 Å². The molecule has 1 aliphatic heterocycles. The predicted molar refractivity (Wildman–Crippen MR) is 82.1 cm³/mol. The highest BCUT2D eigenvalue weighted by Crippen LogP contribution is 2.29. The molecule has 3 unspecified atom stereocenters. The summed E-state index contributed by atoms with van der Waals surface area (Å²) < 4.78 is 11.5. The van der Waals surface area contributed by atoms with E-state index in [4.69, 9.17) is 9.47 Å². The van der Waals surface area contributed by atoms with Crippen molar-refractivity contribution in [2.45, 2.75) is 57.7 Å². The molecule has 2 rings (SSSR count). The minimum atomic E-state index is 0.460. The van der Waals surface area contributed by atoms with Crippen LogP contribution in [0.1, 0.15) is 39.5 Å². The molecule has 3 atom stereocenters. The standard InChI is InChI=1S/C16H32N2O2/c1-13(2)10-17-11-14(12-19-3)18-8-9-20-16-7-5-4-6-15(16)18/h13-17H,4-12H2,1-3H3. The molecular weight excluding hydrogens is 252 g/mol. The topological polar surface area (TPSA) is 33.7 Å². The molecule has 1 saturated carbocycles. The van der Waals surface area contributed by atoms with Gasteiger partial charge in [0.25, 0.3) is 0 Å². The van der Waals surface area contributed by atoms with Gasteiger partial charge in [-0.25, -0.2) is 0 Å². The summed E-state index contributed by atoms with van der Waals surface area (Å²) in [5.41, 5.74) is 0. The van der Waals surface area contributed by atoms with E-state index >= 15 is 0 Å². The average Bonchev–Trinajstić information content (AvgIpc) is 2.45. The molecule has 4 heteroatoms. The zero-order chi connectivity index (χ0) is 14.4. The Morgan fingerprint density at radius 1 is 1.25 bits per heavy atom. The van der Waals surface area contributed by atoms with Gasteiger partial charge in [0.05, 0.1) is 19.3 Å². The minimum Gasteiger partial charge on any atom is -0.383 e. The molecule has 4 nitrogen and oxygen atoms in total. The highest BCUT2D eigenvalue weighted by atomic mass is 16.5. The van der Waals surface area contributed by atoms with Crippen LogP contribution in [-0.2, 0) is 9.47 Å². The Hall–Kier alpha value is -0.160. The first-order valence-corrected chi connectivity index (χ1v) is 8.29. The fourth-order valence-electron chi connectivity index (χ4n) is 3.58. The number of fused-ring (bicyclic) bond motifs is 1. The van der Waals surface area contributed by atoms with Crippen molar-refractivity contribution >= 4 is 0 Å². The second kappa shape index (κ2) is 8.32. The van der Waals surface area contributed by atoms with Gasteiger partial charge in [0, 0.05) is 32.3 Å². The third-order valence-electron chi connectivity index (χ3n) is 4.54. The average molecular weight is 284 g/mol. The number of hydrogen-bond donors (Lipinski definition) is 1. The molecule has 0 aromatic heterocycles. The third-order valence-corrected chi connectivity index (χ3v) is 4.54. The lowest BCUT2D eigenvalue weighted by Gasteiger charge is -2.47. The van der Waals surface area contributed by atoms with Crippen LogP contribution in [0.5, 0.6) is 0 Å². The molecule has 1 heterocycles. The largest absolute Gasteiger partial charge is 0.383 e. The summed E-state index contributed by atoms with van der Waals surface area (Å²) in [6.07, 6.45) is 5.66. The van der Waals surface area contributed by atoms with E-state index in [0.29, 0.717) is 24.1 Å². The predicted octanol–water partition coefficient (Wildman–Crippen LogP) is 1.89. The van der Waals surface area contributed by atoms with Crippen LogP contribution in [0.15, 0.2) is 0 Å². The molecule has 0 aromatic carbocycles. The van der Waals surface area contributed by atoms with Crippen molar-refractivity contribution in [3.8, 4) is 0 Å². The molecule has 2 fully saturated rings. The lowest BCUT2D eigenvalue weighted by molar-refractivity contribution is -0.109. The maximum atomic E-state index is 5.98. The summed E-state index contributed by atoms with van der Waals surface area (Å²) in [5.74, 6) is 0.699. The summed E-state index contributed by atoms with van der Waals surface area (Å²) >= 11 is 0. The van der Waals surface area contributed by atoms with Crippen LogP contribution in [0.3, 0.4) is 0 Å². The van der Waals surface area contributed by atoms with E-state index in [1.165, 1.54) is 25.7 Å². The second-order valence-corrected chi connectivity index (χ2v) is 6.66. The Morgan fingerprint density at radius 3 is 2.80 bits per heavy atom. The molecule has 0 radical (unpaired) electrons. The number of nitrogens with one attached hydrogen (secondary N) is 1. The molecular formula is C16H32N2O2. The Bertz CT molecular complexity index is 271. The number of ether oxygens (including phenoxy) is 2. The Kier molecular flexibility index (Phi) is 6.75. The van der Waals surface area contributed by atoms with Gasteiger partial charge in [-0.2, -0.15) is 0 Å². The fraction of sp³-hybridized carbons (Fsp3) is 1.00. The van der Waals surface area contributed by atoms with Gasteiger partial charge in [0.15, 0.2) is 0 Å². The maximum absolute atomic E-state index is 5.98. The van der Waals surface area contributed by atoms with Crippen LogP contribution in [0.4, 0.5) is 0 Å². The van der Waals surface area contributed by atoms with Crippen molar-refractivity contribution in [2.24, 2.45) is 5.92 Å². The second-order valence-electron chi connectivity index (χ2n) is 6.66. The number of methoxy groups -OCH3 is 1. The number of nitrogens with zero attached hydrogens (tertiary/aromatic N) is 1. The highest BCUT2D eigenvalue weighted by Gasteiger charge is 2.37. The first kappa shape index (κ1) is 16.2. The van der Waals surface area contributed by atoms with Crippen molar-refractivity contribution in [2.75, 3.05) is 40.0 Å². The molecule has 1 N–H and O–H groups in total. The van der Waals surface area contributed by atoms with E-state index in [2.05, 4.69) is 24.1 Å². The van der Waals surface area contributed by atoms with Crippen LogP contribution in [0.25, 0.3) is 0 Å². The summed E-state index contributed by atoms with van der Waals surface area (Å²) in [7, 11) is 1.81. The van der Waals surface area contributed by atoms with Gasteiger partial charge in [0.2, 0.25) is 0 Å². The Balaban J connectivity index is 1.91. The van der Waals surface area contributed by atoms with Gasteiger partial charge in [0.1, 0.15) is 0 Å². The van der Waals surface area contributed by atoms with Crippen molar-refractivity contribution in [1.82, 2.24) is 10.2 Å². The Morgan fingerprint density at radius 2 is 2.05 bits per heavy atom. The van der Waals surface area contributed by atoms with Crippen LogP contribution < -0.4 is 5.32 Å². The third kappa shape index (κ3) is 4.42. The van der Waals surface area contributed by atoms with Crippen LogP contribution in [0, 0.1) is 5.92 Å². The molecule has 20 heavy (non-hydrogen) atoms.